The fourth-order valence-corrected chi connectivity index (χ4v) is 10.5. The largest absolute Gasteiger partial charge is 0.483 e. The van der Waals surface area contributed by atoms with Crippen LogP contribution in [0.2, 0.25) is 0 Å². The zero-order valence-electron chi connectivity index (χ0n) is 59.1. The molecule has 9 unspecified atom stereocenters. The van der Waals surface area contributed by atoms with Crippen molar-refractivity contribution in [3.63, 3.8) is 0 Å². The van der Waals surface area contributed by atoms with Crippen molar-refractivity contribution in [2.24, 2.45) is 5.92 Å². The monoisotopic (exact) mass is 1280 g/mol. The molecule has 0 bridgehead atoms. The van der Waals surface area contributed by atoms with E-state index in [0.717, 1.165) is 115 Å². The van der Waals surface area contributed by atoms with Crippen LogP contribution >= 0.6 is 0 Å². The first-order valence-electron chi connectivity index (χ1n) is 35.8. The minimum Gasteiger partial charge on any atom is -0.483 e. The predicted octanol–water partition coefficient (Wildman–Crippen LogP) is 13.3. The lowest BCUT2D eigenvalue weighted by atomic mass is 9.96. The molecule has 0 aliphatic rings. The summed E-state index contributed by atoms with van der Waals surface area (Å²) in [6.45, 7) is 21.8. The van der Waals surface area contributed by atoms with Crippen molar-refractivity contribution in [3.05, 3.63) is 0 Å². The van der Waals surface area contributed by atoms with Gasteiger partial charge in [-0.05, 0) is 150 Å². The van der Waals surface area contributed by atoms with Crippen molar-refractivity contribution < 1.29 is 68.5 Å². The lowest BCUT2D eigenvalue weighted by Crippen LogP contribution is -2.47. The van der Waals surface area contributed by atoms with E-state index in [1.54, 1.807) is 14.2 Å². The number of methoxy groups -OCH3 is 1. The third-order valence-corrected chi connectivity index (χ3v) is 16.2. The number of esters is 2. The van der Waals surface area contributed by atoms with Crippen molar-refractivity contribution in [1.82, 2.24) is 20.4 Å². The number of aliphatic hydroxyl groups is 4. The molecule has 0 rings (SSSR count). The molecule has 18 nitrogen and oxygen atoms in total. The lowest BCUT2D eigenvalue weighted by molar-refractivity contribution is -0.149. The summed E-state index contributed by atoms with van der Waals surface area (Å²) < 4.78 is 16.3. The molecular weight excluding hydrogens is 1130 g/mol. The van der Waals surface area contributed by atoms with Gasteiger partial charge in [0.2, 0.25) is 5.91 Å². The van der Waals surface area contributed by atoms with Gasteiger partial charge in [0.1, 0.15) is 12.6 Å². The Labute approximate surface area is 544 Å². The molecule has 0 aromatic heterocycles. The van der Waals surface area contributed by atoms with Crippen LogP contribution in [-0.2, 0) is 43.0 Å². The number of amides is 1. The fourth-order valence-electron chi connectivity index (χ4n) is 10.5. The SMILES string of the molecule is CCCCC=O.CCCCCCC(C)CCCC(O)CN(CCO)CCCCC(NC)C(=O)NC(C=O)CCCCN(CC(O)CCCC(=O)OC(C)CCCCCC)CC(O)CCCC(=O)OC(C)CCCCCC.CCCCCCC(C)OC.O=CO. The van der Waals surface area contributed by atoms with E-state index in [9.17, 15) is 44.4 Å². The molecule has 89 heavy (non-hydrogen) atoms. The maximum absolute atomic E-state index is 13.3. The number of unbranched alkanes of at least 4 members (excludes halogenated alkanes) is 16. The number of hydrogen-bond acceptors (Lipinski definition) is 16. The second-order valence-corrected chi connectivity index (χ2v) is 25.1. The Balaban J connectivity index is -0.00000163. The Morgan fingerprint density at radius 3 is 1.27 bits per heavy atom. The molecule has 0 aromatic rings. The molecule has 0 spiro atoms. The molecule has 9 atom stereocenters. The van der Waals surface area contributed by atoms with Gasteiger partial charge in [-0.25, -0.2) is 0 Å². The van der Waals surface area contributed by atoms with Crippen molar-refractivity contribution in [3.8, 4) is 0 Å². The number of nitrogens with zero attached hydrogens (tertiary/aromatic N) is 2. The molecule has 0 aliphatic heterocycles. The van der Waals surface area contributed by atoms with Crippen LogP contribution in [0.5, 0.6) is 0 Å². The minimum atomic E-state index is -0.723. The Morgan fingerprint density at radius 2 is 0.865 bits per heavy atom. The maximum atomic E-state index is 13.3. The zero-order valence-corrected chi connectivity index (χ0v) is 59.1. The van der Waals surface area contributed by atoms with Gasteiger partial charge in [0, 0.05) is 52.6 Å². The molecule has 0 radical (unpaired) electrons. The van der Waals surface area contributed by atoms with Gasteiger partial charge in [0.05, 0.1) is 55.3 Å². The maximum Gasteiger partial charge on any atom is 0.306 e. The molecule has 0 aromatic carbocycles. The summed E-state index contributed by atoms with van der Waals surface area (Å²) in [5, 5.41) is 55.4. The Hall–Kier alpha value is -3.10. The first-order valence-corrected chi connectivity index (χ1v) is 35.8. The van der Waals surface area contributed by atoms with Gasteiger partial charge in [-0.2, -0.15) is 0 Å². The molecule has 7 N–H and O–H groups in total. The third-order valence-electron chi connectivity index (χ3n) is 16.2. The van der Waals surface area contributed by atoms with Crippen LogP contribution in [0.15, 0.2) is 0 Å². The Morgan fingerprint density at radius 1 is 0.472 bits per heavy atom. The zero-order chi connectivity index (χ0) is 67.6. The minimum absolute atomic E-state index is 0.0225. The van der Waals surface area contributed by atoms with Crippen LogP contribution in [-0.4, -0.2) is 181 Å². The van der Waals surface area contributed by atoms with Crippen molar-refractivity contribution >= 4 is 36.9 Å². The topological polar surface area (TPSA) is 262 Å². The summed E-state index contributed by atoms with van der Waals surface area (Å²) in [7, 11) is 3.52. The highest BCUT2D eigenvalue weighted by molar-refractivity contribution is 5.84. The van der Waals surface area contributed by atoms with Crippen LogP contribution < -0.4 is 10.6 Å². The molecule has 1 amide bonds. The summed E-state index contributed by atoms with van der Waals surface area (Å²) in [5.41, 5.74) is 0. The number of carbonyl (C=O) groups excluding carboxylic acids is 5. The third kappa shape index (κ3) is 67.6. The Kier molecular flexibility index (Phi) is 73.4. The van der Waals surface area contributed by atoms with E-state index >= 15 is 0 Å². The quantitative estimate of drug-likeness (QED) is 0.0170. The van der Waals surface area contributed by atoms with Crippen molar-refractivity contribution in [2.75, 3.05) is 60.0 Å². The number of hydrogen-bond donors (Lipinski definition) is 7. The average molecular weight is 1280 g/mol. The highest BCUT2D eigenvalue weighted by Gasteiger charge is 2.22. The number of nitrogens with one attached hydrogen (secondary N) is 2. The summed E-state index contributed by atoms with van der Waals surface area (Å²) in [6, 6.07) is -1.13. The number of likely N-dealkylation sites (N-methyl/N-ethyl adjacent to an activating group) is 1. The van der Waals surface area contributed by atoms with Gasteiger partial charge < -0.3 is 60.0 Å². The van der Waals surface area contributed by atoms with E-state index < -0.39 is 30.4 Å². The van der Waals surface area contributed by atoms with E-state index in [1.807, 2.05) is 18.7 Å². The normalized spacial score (nSPS) is 14.2. The van der Waals surface area contributed by atoms with Crippen LogP contribution in [0.1, 0.15) is 306 Å². The first kappa shape index (κ1) is 92.3. The second-order valence-electron chi connectivity index (χ2n) is 25.1. The van der Waals surface area contributed by atoms with Gasteiger partial charge in [-0.1, -0.05) is 164 Å². The average Bonchev–Trinajstić information content (AvgIpc) is 3.72. The molecule has 0 saturated carbocycles. The van der Waals surface area contributed by atoms with Crippen LogP contribution in [0.4, 0.5) is 0 Å². The smallest absolute Gasteiger partial charge is 0.306 e. The molecule has 0 heterocycles. The molecule has 0 saturated heterocycles. The van der Waals surface area contributed by atoms with Gasteiger partial charge in [0.15, 0.2) is 0 Å². The summed E-state index contributed by atoms with van der Waals surface area (Å²) in [5.74, 6) is -0.0640. The molecule has 0 fully saturated rings. The summed E-state index contributed by atoms with van der Waals surface area (Å²) >= 11 is 0. The van der Waals surface area contributed by atoms with Crippen LogP contribution in [0, 0.1) is 5.92 Å². The van der Waals surface area contributed by atoms with Crippen LogP contribution in [0.3, 0.4) is 0 Å². The van der Waals surface area contributed by atoms with E-state index in [0.29, 0.717) is 103 Å². The molecule has 18 heteroatoms. The van der Waals surface area contributed by atoms with E-state index in [-0.39, 0.29) is 56.0 Å². The number of aldehydes is 2. The van der Waals surface area contributed by atoms with E-state index in [2.05, 4.69) is 64.0 Å². The highest BCUT2D eigenvalue weighted by Crippen LogP contribution is 2.19. The van der Waals surface area contributed by atoms with E-state index in [1.165, 1.54) is 77.0 Å². The van der Waals surface area contributed by atoms with Gasteiger partial charge in [0.25, 0.3) is 6.47 Å². The standard InChI is InChI=1S/C56H110N4O10.C9H20O.C5H10O.CH2O2/c1-8-11-14-17-27-46(4)28-24-32-50(63)42-59(40-41-61)38-23-21-35-53(57-7)56(68)58-49(45-62)31-20-22-39-60(43-51(64)33-25-36-54(66)69-47(5)29-18-15-12-9-2)44-52(65)34-26-37-55(67)70-48(6)30-19-16-13-10-3;1-4-5-6-7-8-9(2)10-3;1-2-3-4-5-6;2-1-3/h45-53,57,61,63-65H,8-44H2,1-7H3,(H,58,68);9H,4-8H2,1-3H3;5H,2-4H2,1H3;1H,(H,2,3). The number of carbonyl (C=O) groups is 6. The molecular formula is C71H142N4O14. The van der Waals surface area contributed by atoms with Gasteiger partial charge in [-0.3, -0.25) is 29.0 Å². The van der Waals surface area contributed by atoms with Gasteiger partial charge in [-0.15, -0.1) is 0 Å². The molecule has 0 aliphatic carbocycles. The number of carboxylic acid groups (broad SMARTS) is 1. The lowest BCUT2D eigenvalue weighted by Gasteiger charge is -2.27. The van der Waals surface area contributed by atoms with Gasteiger partial charge >= 0.3 is 11.9 Å². The summed E-state index contributed by atoms with van der Waals surface area (Å²) in [6.07, 6.45) is 35.6. The van der Waals surface area contributed by atoms with Crippen molar-refractivity contribution in [1.29, 1.82) is 0 Å². The number of ether oxygens (including phenoxy) is 3. The Bertz CT molecular complexity index is 1510. The summed E-state index contributed by atoms with van der Waals surface area (Å²) in [4.78, 5) is 72.5. The van der Waals surface area contributed by atoms with Crippen molar-refractivity contribution in [2.45, 2.75) is 355 Å². The first-order chi connectivity index (χ1) is 42.8. The van der Waals surface area contributed by atoms with Crippen LogP contribution in [0.25, 0.3) is 0 Å². The van der Waals surface area contributed by atoms with E-state index in [4.69, 9.17) is 24.1 Å². The number of aliphatic hydroxyl groups excluding tert-OH is 4. The predicted molar refractivity (Wildman–Crippen MR) is 364 cm³/mol. The number of rotatable bonds is 60. The molecule has 530 valence electrons. The second kappa shape index (κ2) is 70.8. The highest BCUT2D eigenvalue weighted by atomic mass is 16.5. The fraction of sp³-hybridized carbons (Fsp3) is 0.915.